The Morgan fingerprint density at radius 2 is 1.00 bits per heavy atom. The molecule has 4 N–H and O–H groups in total. The summed E-state index contributed by atoms with van der Waals surface area (Å²) in [4.78, 5) is 20.7. The van der Waals surface area contributed by atoms with Crippen molar-refractivity contribution in [2.45, 2.75) is 65.2 Å². The minimum atomic E-state index is -1.06. The lowest BCUT2D eigenvalue weighted by atomic mass is 10.1. The zero-order valence-corrected chi connectivity index (χ0v) is 16.0. The van der Waals surface area contributed by atoms with Crippen molar-refractivity contribution >= 4 is 11.9 Å². The van der Waals surface area contributed by atoms with Crippen LogP contribution in [0.4, 0.5) is 0 Å². The summed E-state index contributed by atoms with van der Waals surface area (Å²) in [6.07, 6.45) is 9.53. The number of carboxylic acid groups (broad SMARTS) is 2. The second kappa shape index (κ2) is 19.4. The highest BCUT2D eigenvalue weighted by atomic mass is 16.4. The number of aliphatic hydroxyl groups excluding tert-OH is 2. The molecule has 0 spiro atoms. The average Bonchev–Trinajstić information content (AvgIpc) is 2.63. The SMILES string of the molecule is CCCCCCCCO.CCCCO.O=C(O)c1ccc(C(=O)O)cc1. The Labute approximate surface area is 156 Å². The standard InChI is InChI=1S/C8H6O4.C8H18O.C4H10O/c9-7(10)5-1-2-6(4-3-5)8(11)12;1-2-3-4-5-6-7-8-9;1-2-3-4-5/h1-4H,(H,9,10)(H,11,12);9H,2-8H2,1H3;5H,2-4H2,1H3. The van der Waals surface area contributed by atoms with Crippen molar-refractivity contribution < 1.29 is 30.0 Å². The Hall–Kier alpha value is -1.92. The Bertz CT molecular complexity index is 415. The van der Waals surface area contributed by atoms with Gasteiger partial charge < -0.3 is 20.4 Å². The number of carbonyl (C=O) groups is 2. The van der Waals surface area contributed by atoms with Crippen LogP contribution in [0.1, 0.15) is 85.9 Å². The highest BCUT2D eigenvalue weighted by Crippen LogP contribution is 2.04. The van der Waals surface area contributed by atoms with Crippen LogP contribution < -0.4 is 0 Å². The lowest BCUT2D eigenvalue weighted by Crippen LogP contribution is -1.99. The van der Waals surface area contributed by atoms with E-state index < -0.39 is 11.9 Å². The molecule has 6 nitrogen and oxygen atoms in total. The molecule has 0 aliphatic rings. The number of unbranched alkanes of at least 4 members (excludes halogenated alkanes) is 6. The molecule has 0 amide bonds. The molecule has 0 aromatic heterocycles. The normalized spacial score (nSPS) is 9.38. The van der Waals surface area contributed by atoms with Crippen molar-refractivity contribution in [2.24, 2.45) is 0 Å². The quantitative estimate of drug-likeness (QED) is 0.459. The molecule has 0 radical (unpaired) electrons. The number of rotatable bonds is 10. The fraction of sp³-hybridized carbons (Fsp3) is 0.600. The van der Waals surface area contributed by atoms with Gasteiger partial charge in [0.15, 0.2) is 0 Å². The predicted molar refractivity (Wildman–Crippen MR) is 103 cm³/mol. The Morgan fingerprint density at radius 3 is 1.27 bits per heavy atom. The molecule has 6 heteroatoms. The third-order valence-electron chi connectivity index (χ3n) is 3.40. The van der Waals surface area contributed by atoms with Crippen LogP contribution in [0.5, 0.6) is 0 Å². The zero-order chi connectivity index (χ0) is 20.2. The Morgan fingerprint density at radius 1 is 0.654 bits per heavy atom. The lowest BCUT2D eigenvalue weighted by molar-refractivity contribution is 0.0681. The van der Waals surface area contributed by atoms with E-state index in [4.69, 9.17) is 20.4 Å². The molecule has 26 heavy (non-hydrogen) atoms. The van der Waals surface area contributed by atoms with Gasteiger partial charge in [-0.3, -0.25) is 0 Å². The number of carboxylic acids is 2. The van der Waals surface area contributed by atoms with E-state index in [1.165, 1.54) is 56.4 Å². The van der Waals surface area contributed by atoms with Gasteiger partial charge in [-0.1, -0.05) is 52.4 Å². The van der Waals surface area contributed by atoms with Gasteiger partial charge >= 0.3 is 11.9 Å². The predicted octanol–water partition coefficient (Wildman–Crippen LogP) is 4.20. The summed E-state index contributed by atoms with van der Waals surface area (Å²) in [6.45, 7) is 4.98. The summed E-state index contributed by atoms with van der Waals surface area (Å²) in [5.74, 6) is -2.13. The highest BCUT2D eigenvalue weighted by Gasteiger charge is 2.04. The van der Waals surface area contributed by atoms with E-state index in [1.54, 1.807) is 0 Å². The maximum absolute atomic E-state index is 10.3. The fourth-order valence-corrected chi connectivity index (χ4v) is 1.81. The van der Waals surface area contributed by atoms with Crippen molar-refractivity contribution in [2.75, 3.05) is 13.2 Å². The van der Waals surface area contributed by atoms with Crippen molar-refractivity contribution in [3.05, 3.63) is 35.4 Å². The van der Waals surface area contributed by atoms with E-state index >= 15 is 0 Å². The molecule has 150 valence electrons. The first-order valence-corrected chi connectivity index (χ1v) is 9.22. The van der Waals surface area contributed by atoms with Crippen LogP contribution in [0.3, 0.4) is 0 Å². The summed E-state index contributed by atoms with van der Waals surface area (Å²) in [7, 11) is 0. The van der Waals surface area contributed by atoms with Gasteiger partial charge in [0.25, 0.3) is 0 Å². The first-order chi connectivity index (χ1) is 12.4. The highest BCUT2D eigenvalue weighted by molar-refractivity contribution is 5.91. The third kappa shape index (κ3) is 16.9. The van der Waals surface area contributed by atoms with Gasteiger partial charge in [-0.05, 0) is 37.1 Å². The lowest BCUT2D eigenvalue weighted by Gasteiger charge is -1.95. The maximum atomic E-state index is 10.3. The number of aromatic carboxylic acids is 2. The molecule has 0 aliphatic carbocycles. The molecule has 0 unspecified atom stereocenters. The summed E-state index contributed by atoms with van der Waals surface area (Å²) in [6, 6.07) is 5.02. The van der Waals surface area contributed by atoms with Crippen molar-refractivity contribution in [1.29, 1.82) is 0 Å². The number of hydrogen-bond donors (Lipinski definition) is 4. The van der Waals surface area contributed by atoms with E-state index in [1.807, 2.05) is 0 Å². The van der Waals surface area contributed by atoms with Crippen LogP contribution in [-0.2, 0) is 0 Å². The monoisotopic (exact) mass is 370 g/mol. The van der Waals surface area contributed by atoms with E-state index in [0.29, 0.717) is 13.2 Å². The molecular formula is C20H34O6. The van der Waals surface area contributed by atoms with Gasteiger partial charge in [-0.2, -0.15) is 0 Å². The molecule has 0 heterocycles. The van der Waals surface area contributed by atoms with Crippen LogP contribution in [0.25, 0.3) is 0 Å². The number of aliphatic hydroxyl groups is 2. The van der Waals surface area contributed by atoms with Crippen LogP contribution in [0.15, 0.2) is 24.3 Å². The molecule has 1 aromatic rings. The van der Waals surface area contributed by atoms with Crippen LogP contribution in [0, 0.1) is 0 Å². The molecule has 0 fully saturated rings. The zero-order valence-electron chi connectivity index (χ0n) is 16.0. The van der Waals surface area contributed by atoms with Gasteiger partial charge in [0, 0.05) is 13.2 Å². The second-order valence-corrected chi connectivity index (χ2v) is 5.76. The first kappa shape index (κ1) is 26.3. The van der Waals surface area contributed by atoms with Crippen LogP contribution >= 0.6 is 0 Å². The summed E-state index contributed by atoms with van der Waals surface area (Å²) >= 11 is 0. The van der Waals surface area contributed by atoms with E-state index in [0.717, 1.165) is 19.3 Å². The summed E-state index contributed by atoms with van der Waals surface area (Å²) in [5, 5.41) is 33.4. The Kier molecular flexibility index (Phi) is 19.6. The van der Waals surface area contributed by atoms with Gasteiger partial charge in [0.1, 0.15) is 0 Å². The van der Waals surface area contributed by atoms with Crippen molar-refractivity contribution in [3.63, 3.8) is 0 Å². The Balaban J connectivity index is 0. The van der Waals surface area contributed by atoms with E-state index in [-0.39, 0.29) is 11.1 Å². The van der Waals surface area contributed by atoms with E-state index in [2.05, 4.69) is 13.8 Å². The molecule has 0 saturated heterocycles. The summed E-state index contributed by atoms with van der Waals surface area (Å²) < 4.78 is 0. The first-order valence-electron chi connectivity index (χ1n) is 9.22. The largest absolute Gasteiger partial charge is 0.478 e. The van der Waals surface area contributed by atoms with E-state index in [9.17, 15) is 9.59 Å². The fourth-order valence-electron chi connectivity index (χ4n) is 1.81. The minimum Gasteiger partial charge on any atom is -0.478 e. The van der Waals surface area contributed by atoms with Crippen LogP contribution in [0.2, 0.25) is 0 Å². The van der Waals surface area contributed by atoms with Gasteiger partial charge in [-0.25, -0.2) is 9.59 Å². The summed E-state index contributed by atoms with van der Waals surface area (Å²) in [5.41, 5.74) is 0.167. The van der Waals surface area contributed by atoms with Crippen LogP contribution in [-0.4, -0.2) is 45.6 Å². The van der Waals surface area contributed by atoms with Gasteiger partial charge in [-0.15, -0.1) is 0 Å². The molecule has 0 aliphatic heterocycles. The van der Waals surface area contributed by atoms with Gasteiger partial charge in [0.2, 0.25) is 0 Å². The molecular weight excluding hydrogens is 336 g/mol. The van der Waals surface area contributed by atoms with Crippen molar-refractivity contribution in [3.8, 4) is 0 Å². The molecule has 1 aromatic carbocycles. The maximum Gasteiger partial charge on any atom is 0.335 e. The molecule has 0 atom stereocenters. The molecule has 1 rings (SSSR count). The average molecular weight is 370 g/mol. The minimum absolute atomic E-state index is 0.0833. The van der Waals surface area contributed by atoms with Crippen molar-refractivity contribution in [1.82, 2.24) is 0 Å². The third-order valence-corrected chi connectivity index (χ3v) is 3.40. The molecule has 0 bridgehead atoms. The number of hydrogen-bond acceptors (Lipinski definition) is 4. The molecule has 0 saturated carbocycles. The second-order valence-electron chi connectivity index (χ2n) is 5.76. The topological polar surface area (TPSA) is 115 Å². The van der Waals surface area contributed by atoms with Gasteiger partial charge in [0.05, 0.1) is 11.1 Å². The number of benzene rings is 1. The smallest absolute Gasteiger partial charge is 0.335 e.